The van der Waals surface area contributed by atoms with Gasteiger partial charge in [0.05, 0.1) is 0 Å². The number of amides is 2. The van der Waals surface area contributed by atoms with Gasteiger partial charge in [0.1, 0.15) is 5.92 Å². The van der Waals surface area contributed by atoms with E-state index in [0.29, 0.717) is 11.3 Å². The van der Waals surface area contributed by atoms with Gasteiger partial charge in [0, 0.05) is 5.71 Å². The van der Waals surface area contributed by atoms with Gasteiger partial charge in [-0.3, -0.25) is 9.59 Å². The summed E-state index contributed by atoms with van der Waals surface area (Å²) in [6.07, 6.45) is 1.69. The molecule has 64 valence electrons. The molecule has 0 aromatic rings. The van der Waals surface area contributed by atoms with Crippen LogP contribution in [0, 0.1) is 5.92 Å². The van der Waals surface area contributed by atoms with Crippen molar-refractivity contribution in [3.63, 3.8) is 0 Å². The Morgan fingerprint density at radius 2 is 2.17 bits per heavy atom. The van der Waals surface area contributed by atoms with Gasteiger partial charge in [0.2, 0.25) is 5.91 Å². The number of hydrogen-bond donors (Lipinski definition) is 1. The standard InChI is InChI=1S/C8H10N2O2/c1-4-3-5(2)10-8(12)6(4)7(9)11/h3,6H,1-2H3,(H2,9,11). The molecule has 2 amide bonds. The minimum atomic E-state index is -0.853. The van der Waals surface area contributed by atoms with Crippen LogP contribution in [0.2, 0.25) is 0 Å². The van der Waals surface area contributed by atoms with Crippen molar-refractivity contribution in [3.8, 4) is 0 Å². The molecule has 4 heteroatoms. The molecule has 0 spiro atoms. The average molecular weight is 166 g/mol. The summed E-state index contributed by atoms with van der Waals surface area (Å²) in [7, 11) is 0. The molecule has 4 nitrogen and oxygen atoms in total. The highest BCUT2D eigenvalue weighted by Crippen LogP contribution is 2.16. The maximum absolute atomic E-state index is 11.1. The third-order valence-electron chi connectivity index (χ3n) is 1.71. The highest BCUT2D eigenvalue weighted by Gasteiger charge is 2.28. The predicted molar refractivity (Wildman–Crippen MR) is 44.6 cm³/mol. The van der Waals surface area contributed by atoms with E-state index in [0.717, 1.165) is 0 Å². The molecule has 0 radical (unpaired) electrons. The van der Waals surface area contributed by atoms with Gasteiger partial charge in [-0.05, 0) is 25.5 Å². The largest absolute Gasteiger partial charge is 0.369 e. The fourth-order valence-corrected chi connectivity index (χ4v) is 1.22. The molecule has 0 aromatic heterocycles. The van der Waals surface area contributed by atoms with Crippen LogP contribution in [-0.4, -0.2) is 17.5 Å². The van der Waals surface area contributed by atoms with Crippen LogP contribution in [0.4, 0.5) is 0 Å². The van der Waals surface area contributed by atoms with Gasteiger partial charge in [-0.15, -0.1) is 0 Å². The Morgan fingerprint density at radius 1 is 1.58 bits per heavy atom. The Labute approximate surface area is 70.2 Å². The second kappa shape index (κ2) is 2.89. The summed E-state index contributed by atoms with van der Waals surface area (Å²) in [4.78, 5) is 25.5. The SMILES string of the molecule is CC1=CC(C)=NC(=O)C1C(N)=O. The zero-order chi connectivity index (χ0) is 9.30. The first-order valence-corrected chi connectivity index (χ1v) is 3.59. The summed E-state index contributed by atoms with van der Waals surface area (Å²) in [5.74, 6) is -1.95. The molecule has 1 rings (SSSR count). The molecule has 0 aromatic carbocycles. The van der Waals surface area contributed by atoms with E-state index >= 15 is 0 Å². The van der Waals surface area contributed by atoms with E-state index in [-0.39, 0.29) is 0 Å². The monoisotopic (exact) mass is 166 g/mol. The molecule has 2 N–H and O–H groups in total. The fourth-order valence-electron chi connectivity index (χ4n) is 1.22. The van der Waals surface area contributed by atoms with E-state index in [4.69, 9.17) is 5.73 Å². The molecule has 1 aliphatic heterocycles. The van der Waals surface area contributed by atoms with Crippen molar-refractivity contribution in [2.45, 2.75) is 13.8 Å². The quantitative estimate of drug-likeness (QED) is 0.558. The zero-order valence-corrected chi connectivity index (χ0v) is 7.00. The first kappa shape index (κ1) is 8.64. The Morgan fingerprint density at radius 3 is 2.58 bits per heavy atom. The molecule has 0 bridgehead atoms. The molecule has 1 atom stereocenters. The molecule has 1 aliphatic rings. The molecule has 12 heavy (non-hydrogen) atoms. The Hall–Kier alpha value is -1.45. The summed E-state index contributed by atoms with van der Waals surface area (Å²) in [5.41, 5.74) is 6.31. The first-order chi connectivity index (χ1) is 5.52. The number of carbonyl (C=O) groups excluding carboxylic acids is 2. The van der Waals surface area contributed by atoms with Gasteiger partial charge < -0.3 is 5.73 Å². The number of nitrogens with two attached hydrogens (primary N) is 1. The van der Waals surface area contributed by atoms with Gasteiger partial charge in [-0.25, -0.2) is 4.99 Å². The number of primary amides is 1. The summed E-state index contributed by atoms with van der Waals surface area (Å²) in [5, 5.41) is 0. The second-order valence-corrected chi connectivity index (χ2v) is 2.82. The lowest BCUT2D eigenvalue weighted by Gasteiger charge is -2.14. The predicted octanol–water partition coefficient (Wildman–Crippen LogP) is 0.0353. The van der Waals surface area contributed by atoms with Crippen LogP contribution >= 0.6 is 0 Å². The van der Waals surface area contributed by atoms with Gasteiger partial charge >= 0.3 is 0 Å². The number of hydrogen-bond acceptors (Lipinski definition) is 2. The number of nitrogens with zero attached hydrogens (tertiary/aromatic N) is 1. The van der Waals surface area contributed by atoms with Crippen LogP contribution in [-0.2, 0) is 9.59 Å². The number of dihydropyridines is 1. The number of aliphatic imine (C=N–C) groups is 1. The van der Waals surface area contributed by atoms with Crippen LogP contribution in [0.25, 0.3) is 0 Å². The lowest BCUT2D eigenvalue weighted by molar-refractivity contribution is -0.129. The first-order valence-electron chi connectivity index (χ1n) is 3.59. The third-order valence-corrected chi connectivity index (χ3v) is 1.71. The number of allylic oxidation sites excluding steroid dienone is 1. The van der Waals surface area contributed by atoms with Crippen LogP contribution in [0.3, 0.4) is 0 Å². The summed E-state index contributed by atoms with van der Waals surface area (Å²) >= 11 is 0. The molecule has 0 aliphatic carbocycles. The fraction of sp³-hybridized carbons (Fsp3) is 0.375. The zero-order valence-electron chi connectivity index (χ0n) is 7.00. The van der Waals surface area contributed by atoms with Crippen LogP contribution < -0.4 is 5.73 Å². The number of rotatable bonds is 1. The summed E-state index contributed by atoms with van der Waals surface area (Å²) in [6.45, 7) is 3.41. The second-order valence-electron chi connectivity index (χ2n) is 2.82. The lowest BCUT2D eigenvalue weighted by atomic mass is 9.95. The van der Waals surface area contributed by atoms with Crippen molar-refractivity contribution < 1.29 is 9.59 Å². The van der Waals surface area contributed by atoms with Crippen molar-refractivity contribution in [3.05, 3.63) is 11.6 Å². The third kappa shape index (κ3) is 1.42. The van der Waals surface area contributed by atoms with E-state index in [1.165, 1.54) is 0 Å². The Balaban J connectivity index is 3.03. The molecule has 0 saturated carbocycles. The van der Waals surface area contributed by atoms with Gasteiger partial charge in [0.15, 0.2) is 0 Å². The van der Waals surface area contributed by atoms with Crippen molar-refractivity contribution in [1.82, 2.24) is 0 Å². The molecule has 1 unspecified atom stereocenters. The normalized spacial score (nSPS) is 23.2. The van der Waals surface area contributed by atoms with E-state index < -0.39 is 17.7 Å². The highest BCUT2D eigenvalue weighted by molar-refractivity contribution is 6.13. The van der Waals surface area contributed by atoms with E-state index in [2.05, 4.69) is 4.99 Å². The van der Waals surface area contributed by atoms with Crippen LogP contribution in [0.1, 0.15) is 13.8 Å². The van der Waals surface area contributed by atoms with Crippen molar-refractivity contribution >= 4 is 17.5 Å². The molecule has 0 fully saturated rings. The van der Waals surface area contributed by atoms with Gasteiger partial charge in [0.25, 0.3) is 5.91 Å². The smallest absolute Gasteiger partial charge is 0.262 e. The molecule has 0 saturated heterocycles. The number of carbonyl (C=O) groups is 2. The Bertz CT molecular complexity index is 302. The maximum Gasteiger partial charge on any atom is 0.262 e. The molecule has 1 heterocycles. The molecular formula is C8H10N2O2. The average Bonchev–Trinajstić information content (AvgIpc) is 1.82. The summed E-state index contributed by atoms with van der Waals surface area (Å²) in [6, 6.07) is 0. The van der Waals surface area contributed by atoms with Crippen molar-refractivity contribution in [2.75, 3.05) is 0 Å². The van der Waals surface area contributed by atoms with E-state index in [1.54, 1.807) is 19.9 Å². The molecular weight excluding hydrogens is 156 g/mol. The highest BCUT2D eigenvalue weighted by atomic mass is 16.2. The van der Waals surface area contributed by atoms with Crippen molar-refractivity contribution in [2.24, 2.45) is 16.6 Å². The van der Waals surface area contributed by atoms with E-state index in [9.17, 15) is 9.59 Å². The minimum Gasteiger partial charge on any atom is -0.369 e. The van der Waals surface area contributed by atoms with Crippen molar-refractivity contribution in [1.29, 1.82) is 0 Å². The summed E-state index contributed by atoms with van der Waals surface area (Å²) < 4.78 is 0. The van der Waals surface area contributed by atoms with Gasteiger partial charge in [-0.2, -0.15) is 0 Å². The van der Waals surface area contributed by atoms with E-state index in [1.807, 2.05) is 0 Å². The maximum atomic E-state index is 11.1. The van der Waals surface area contributed by atoms with Gasteiger partial charge in [-0.1, -0.05) is 0 Å². The lowest BCUT2D eigenvalue weighted by Crippen LogP contribution is -2.32. The minimum absolute atomic E-state index is 0.458. The van der Waals surface area contributed by atoms with Crippen LogP contribution in [0.15, 0.2) is 16.6 Å². The van der Waals surface area contributed by atoms with Crippen LogP contribution in [0.5, 0.6) is 0 Å². The topological polar surface area (TPSA) is 72.5 Å². The Kier molecular flexibility index (Phi) is 2.08.